The lowest BCUT2D eigenvalue weighted by Gasteiger charge is -2.31. The third-order valence-electron chi connectivity index (χ3n) is 3.72. The first-order valence-electron chi connectivity index (χ1n) is 8.35. The summed E-state index contributed by atoms with van der Waals surface area (Å²) in [5.41, 5.74) is 1.40. The minimum absolute atomic E-state index is 0.118. The first-order chi connectivity index (χ1) is 12.0. The van der Waals surface area contributed by atoms with Gasteiger partial charge in [-0.05, 0) is 26.0 Å². The van der Waals surface area contributed by atoms with Crippen LogP contribution < -0.4 is 15.5 Å². The van der Waals surface area contributed by atoms with E-state index in [2.05, 4.69) is 15.5 Å². The second kappa shape index (κ2) is 9.48. The highest BCUT2D eigenvalue weighted by molar-refractivity contribution is 6.34. The van der Waals surface area contributed by atoms with Crippen molar-refractivity contribution in [1.82, 2.24) is 5.32 Å². The van der Waals surface area contributed by atoms with Gasteiger partial charge in [-0.15, -0.1) is 0 Å². The minimum atomic E-state index is -0.395. The molecule has 0 bridgehead atoms. The van der Waals surface area contributed by atoms with E-state index in [0.717, 1.165) is 5.69 Å². The molecule has 2 amide bonds. The SMILES string of the molecule is CCOC(=O)C[C@@H](C)NC(=O)Nc1cccc(Cl)c1N1CCOCC1. The van der Waals surface area contributed by atoms with E-state index in [1.165, 1.54) is 0 Å². The maximum absolute atomic E-state index is 12.2. The maximum Gasteiger partial charge on any atom is 0.319 e. The molecule has 0 aromatic heterocycles. The van der Waals surface area contributed by atoms with Gasteiger partial charge in [0.25, 0.3) is 0 Å². The van der Waals surface area contributed by atoms with Crippen molar-refractivity contribution in [1.29, 1.82) is 0 Å². The van der Waals surface area contributed by atoms with Gasteiger partial charge >= 0.3 is 12.0 Å². The molecule has 2 rings (SSSR count). The second-order valence-electron chi connectivity index (χ2n) is 5.74. The van der Waals surface area contributed by atoms with Gasteiger partial charge in [-0.1, -0.05) is 17.7 Å². The number of morpholine rings is 1. The van der Waals surface area contributed by atoms with E-state index in [1.807, 2.05) is 0 Å². The Bertz CT molecular complexity index is 606. The van der Waals surface area contributed by atoms with Gasteiger partial charge in [-0.25, -0.2) is 4.79 Å². The normalized spacial score (nSPS) is 15.4. The number of nitrogens with zero attached hydrogens (tertiary/aromatic N) is 1. The summed E-state index contributed by atoms with van der Waals surface area (Å²) in [5.74, 6) is -0.341. The number of carbonyl (C=O) groups excluding carboxylic acids is 2. The molecule has 0 unspecified atom stereocenters. The fourth-order valence-corrected chi connectivity index (χ4v) is 2.92. The number of ether oxygens (including phenoxy) is 2. The first kappa shape index (κ1) is 19.3. The molecule has 0 saturated carbocycles. The first-order valence-corrected chi connectivity index (χ1v) is 8.73. The minimum Gasteiger partial charge on any atom is -0.466 e. The van der Waals surface area contributed by atoms with Crippen LogP contribution in [-0.4, -0.2) is 51.0 Å². The predicted octanol–water partition coefficient (Wildman–Crippen LogP) is 2.64. The number of halogens is 1. The largest absolute Gasteiger partial charge is 0.466 e. The highest BCUT2D eigenvalue weighted by atomic mass is 35.5. The van der Waals surface area contributed by atoms with Crippen molar-refractivity contribution in [2.75, 3.05) is 43.1 Å². The molecular formula is C17H24ClN3O4. The highest BCUT2D eigenvalue weighted by Crippen LogP contribution is 2.34. The van der Waals surface area contributed by atoms with E-state index >= 15 is 0 Å². The van der Waals surface area contributed by atoms with Gasteiger partial charge in [0, 0.05) is 19.1 Å². The van der Waals surface area contributed by atoms with Gasteiger partial charge in [0.2, 0.25) is 0 Å². The number of benzene rings is 1. The molecule has 0 spiro atoms. The third-order valence-corrected chi connectivity index (χ3v) is 4.02. The molecule has 1 aromatic rings. The van der Waals surface area contributed by atoms with Crippen molar-refractivity contribution in [3.05, 3.63) is 23.2 Å². The zero-order chi connectivity index (χ0) is 18.2. The van der Waals surface area contributed by atoms with Gasteiger partial charge in [0.1, 0.15) is 0 Å². The van der Waals surface area contributed by atoms with Crippen molar-refractivity contribution in [3.8, 4) is 0 Å². The number of amides is 2. The topological polar surface area (TPSA) is 79.9 Å². The molecule has 1 aliphatic heterocycles. The number of para-hydroxylation sites is 1. The van der Waals surface area contributed by atoms with Crippen molar-refractivity contribution >= 4 is 35.0 Å². The summed E-state index contributed by atoms with van der Waals surface area (Å²) in [7, 11) is 0. The summed E-state index contributed by atoms with van der Waals surface area (Å²) < 4.78 is 10.2. The quantitative estimate of drug-likeness (QED) is 0.753. The molecule has 25 heavy (non-hydrogen) atoms. The maximum atomic E-state index is 12.2. The molecular weight excluding hydrogens is 346 g/mol. The zero-order valence-electron chi connectivity index (χ0n) is 14.5. The fourth-order valence-electron chi connectivity index (χ4n) is 2.63. The van der Waals surface area contributed by atoms with Crippen molar-refractivity contribution in [3.63, 3.8) is 0 Å². The Hall–Kier alpha value is -1.99. The Morgan fingerprint density at radius 2 is 2.08 bits per heavy atom. The molecule has 1 aromatic carbocycles. The van der Waals surface area contributed by atoms with E-state index in [-0.39, 0.29) is 18.4 Å². The number of hydrogen-bond donors (Lipinski definition) is 2. The zero-order valence-corrected chi connectivity index (χ0v) is 15.3. The van der Waals surface area contributed by atoms with Crippen molar-refractivity contribution in [2.24, 2.45) is 0 Å². The Balaban J connectivity index is 2.00. The van der Waals surface area contributed by atoms with Crippen LogP contribution in [0.15, 0.2) is 18.2 Å². The molecule has 7 nitrogen and oxygen atoms in total. The predicted molar refractivity (Wildman–Crippen MR) is 97.4 cm³/mol. The van der Waals surface area contributed by atoms with Crippen molar-refractivity contribution < 1.29 is 19.1 Å². The number of nitrogens with one attached hydrogen (secondary N) is 2. The summed E-state index contributed by atoms with van der Waals surface area (Å²) in [6.45, 7) is 6.47. The van der Waals surface area contributed by atoms with Crippen molar-refractivity contribution in [2.45, 2.75) is 26.3 Å². The molecule has 138 valence electrons. The standard InChI is InChI=1S/C17H24ClN3O4/c1-3-25-15(22)11-12(2)19-17(23)20-14-6-4-5-13(18)16(14)21-7-9-24-10-8-21/h4-6,12H,3,7-11H2,1-2H3,(H2,19,20,23)/t12-/m1/s1. The summed E-state index contributed by atoms with van der Waals surface area (Å²) >= 11 is 6.34. The third kappa shape index (κ3) is 5.79. The van der Waals surface area contributed by atoms with E-state index in [4.69, 9.17) is 21.1 Å². The van der Waals surface area contributed by atoms with Crippen LogP contribution in [0.4, 0.5) is 16.2 Å². The van der Waals surface area contributed by atoms with E-state index < -0.39 is 6.03 Å². The van der Waals surface area contributed by atoms with Crippen LogP contribution in [0.25, 0.3) is 0 Å². The number of carbonyl (C=O) groups is 2. The van der Waals surface area contributed by atoms with Gasteiger partial charge in [0.15, 0.2) is 0 Å². The van der Waals surface area contributed by atoms with E-state index in [0.29, 0.717) is 43.6 Å². The lowest BCUT2D eigenvalue weighted by atomic mass is 10.2. The molecule has 8 heteroatoms. The van der Waals surface area contributed by atoms with Crippen LogP contribution in [-0.2, 0) is 14.3 Å². The Morgan fingerprint density at radius 1 is 1.36 bits per heavy atom. The van der Waals surface area contributed by atoms with Crippen LogP contribution >= 0.6 is 11.6 Å². The molecule has 1 heterocycles. The number of anilines is 2. The molecule has 1 atom stereocenters. The molecule has 0 aliphatic carbocycles. The highest BCUT2D eigenvalue weighted by Gasteiger charge is 2.20. The summed E-state index contributed by atoms with van der Waals surface area (Å²) in [6, 6.07) is 4.63. The molecule has 0 radical (unpaired) electrons. The summed E-state index contributed by atoms with van der Waals surface area (Å²) in [4.78, 5) is 25.8. The lowest BCUT2D eigenvalue weighted by Crippen LogP contribution is -2.39. The van der Waals surface area contributed by atoms with Crippen LogP contribution in [0, 0.1) is 0 Å². The second-order valence-corrected chi connectivity index (χ2v) is 6.15. The molecule has 1 fully saturated rings. The smallest absolute Gasteiger partial charge is 0.319 e. The van der Waals surface area contributed by atoms with Gasteiger partial charge in [0.05, 0.1) is 42.6 Å². The van der Waals surface area contributed by atoms with Crippen LogP contribution in [0.5, 0.6) is 0 Å². The van der Waals surface area contributed by atoms with E-state index in [1.54, 1.807) is 32.0 Å². The van der Waals surface area contributed by atoms with Gasteiger partial charge in [-0.3, -0.25) is 4.79 Å². The molecule has 1 saturated heterocycles. The van der Waals surface area contributed by atoms with E-state index in [9.17, 15) is 9.59 Å². The summed E-state index contributed by atoms with van der Waals surface area (Å²) in [5, 5.41) is 6.11. The Morgan fingerprint density at radius 3 is 2.76 bits per heavy atom. The van der Waals surface area contributed by atoms with Gasteiger partial charge < -0.3 is 25.0 Å². The number of urea groups is 1. The number of hydrogen-bond acceptors (Lipinski definition) is 5. The lowest BCUT2D eigenvalue weighted by molar-refractivity contribution is -0.143. The van der Waals surface area contributed by atoms with Gasteiger partial charge in [-0.2, -0.15) is 0 Å². The Labute approximate surface area is 152 Å². The fraction of sp³-hybridized carbons (Fsp3) is 0.529. The van der Waals surface area contributed by atoms with Crippen LogP contribution in [0.3, 0.4) is 0 Å². The van der Waals surface area contributed by atoms with Crippen LogP contribution in [0.2, 0.25) is 5.02 Å². The molecule has 2 N–H and O–H groups in total. The summed E-state index contributed by atoms with van der Waals surface area (Å²) in [6.07, 6.45) is 0.118. The average molecular weight is 370 g/mol. The number of esters is 1. The van der Waals surface area contributed by atoms with Crippen LogP contribution in [0.1, 0.15) is 20.3 Å². The monoisotopic (exact) mass is 369 g/mol. The number of rotatable bonds is 6. The Kier molecular flexibility index (Phi) is 7.33. The average Bonchev–Trinajstić information content (AvgIpc) is 2.55. The molecule has 1 aliphatic rings.